The lowest BCUT2D eigenvalue weighted by Crippen LogP contribution is -2.03. The van der Waals surface area contributed by atoms with Crippen molar-refractivity contribution in [2.24, 2.45) is 0 Å². The van der Waals surface area contributed by atoms with E-state index in [1.165, 1.54) is 0 Å². The van der Waals surface area contributed by atoms with E-state index in [2.05, 4.69) is 13.2 Å². The number of aryl methyl sites for hydroxylation is 1. The highest BCUT2D eigenvalue weighted by atomic mass is 16.4. The van der Waals surface area contributed by atoms with Gasteiger partial charge in [-0.05, 0) is 30.7 Å². The summed E-state index contributed by atoms with van der Waals surface area (Å²) >= 11 is 0. The lowest BCUT2D eigenvalue weighted by molar-refractivity contribution is -0.131. The number of hydrogen-bond acceptors (Lipinski definition) is 1. The van der Waals surface area contributed by atoms with Crippen LogP contribution in [0.1, 0.15) is 11.4 Å². The Balaban J connectivity index is 2.91. The Labute approximate surface area is 107 Å². The highest BCUT2D eigenvalue weighted by molar-refractivity contribution is 5.85. The Kier molecular flexibility index (Phi) is 4.93. The number of nitrogens with zero attached hydrogens (tertiary/aromatic N) is 1. The molecule has 0 aliphatic carbocycles. The van der Waals surface area contributed by atoms with Crippen molar-refractivity contribution < 1.29 is 9.90 Å². The molecule has 0 saturated heterocycles. The standard InChI is InChI=1S/C15H17NO2/c1-4-5-6-12(2)11-16-13(3)7-8-14(16)9-10-15(17)18/h4-10H,1-2,11H2,3H3,(H,17,18)/b6-5-,10-9+. The molecule has 0 amide bonds. The normalized spacial score (nSPS) is 11.2. The van der Waals surface area contributed by atoms with E-state index in [0.717, 1.165) is 23.0 Å². The third kappa shape index (κ3) is 3.94. The molecule has 0 atom stereocenters. The van der Waals surface area contributed by atoms with Crippen LogP contribution in [-0.2, 0) is 11.3 Å². The lowest BCUT2D eigenvalue weighted by atomic mass is 10.2. The Bertz CT molecular complexity index is 519. The SMILES string of the molecule is C=C/C=C\C(=C)Cn1c(C)ccc1/C=C/C(=O)O. The van der Waals surface area contributed by atoms with Crippen LogP contribution in [0.3, 0.4) is 0 Å². The van der Waals surface area contributed by atoms with Crippen LogP contribution >= 0.6 is 0 Å². The summed E-state index contributed by atoms with van der Waals surface area (Å²) in [5.41, 5.74) is 2.84. The smallest absolute Gasteiger partial charge is 0.328 e. The van der Waals surface area contributed by atoms with E-state index >= 15 is 0 Å². The molecule has 3 heteroatoms. The Hall–Kier alpha value is -2.29. The van der Waals surface area contributed by atoms with E-state index in [9.17, 15) is 4.79 Å². The fraction of sp³-hybridized carbons (Fsp3) is 0.133. The first-order valence-electron chi connectivity index (χ1n) is 5.58. The number of allylic oxidation sites excluding steroid dienone is 4. The molecule has 1 aromatic heterocycles. The monoisotopic (exact) mass is 243 g/mol. The van der Waals surface area contributed by atoms with Gasteiger partial charge >= 0.3 is 5.97 Å². The van der Waals surface area contributed by atoms with Crippen LogP contribution in [0, 0.1) is 6.92 Å². The van der Waals surface area contributed by atoms with Gasteiger partial charge < -0.3 is 9.67 Å². The summed E-state index contributed by atoms with van der Waals surface area (Å²) in [5.74, 6) is -0.953. The summed E-state index contributed by atoms with van der Waals surface area (Å²) in [6.07, 6.45) is 8.12. The molecular formula is C15H17NO2. The molecule has 1 N–H and O–H groups in total. The summed E-state index contributed by atoms with van der Waals surface area (Å²) in [5, 5.41) is 8.63. The maximum Gasteiger partial charge on any atom is 0.328 e. The summed E-state index contributed by atoms with van der Waals surface area (Å²) < 4.78 is 2.01. The molecule has 0 radical (unpaired) electrons. The maximum atomic E-state index is 10.5. The fourth-order valence-corrected chi connectivity index (χ4v) is 1.57. The van der Waals surface area contributed by atoms with Crippen molar-refractivity contribution in [1.82, 2.24) is 4.57 Å². The van der Waals surface area contributed by atoms with Crippen molar-refractivity contribution in [2.45, 2.75) is 13.5 Å². The molecule has 0 spiro atoms. The molecular weight excluding hydrogens is 226 g/mol. The third-order valence-electron chi connectivity index (χ3n) is 2.46. The molecule has 1 aromatic rings. The average Bonchev–Trinajstić information content (AvgIpc) is 2.66. The van der Waals surface area contributed by atoms with Gasteiger partial charge in [0.25, 0.3) is 0 Å². The van der Waals surface area contributed by atoms with Gasteiger partial charge in [-0.25, -0.2) is 4.79 Å². The molecule has 0 aliphatic heterocycles. The average molecular weight is 243 g/mol. The minimum Gasteiger partial charge on any atom is -0.478 e. The van der Waals surface area contributed by atoms with Gasteiger partial charge in [0.2, 0.25) is 0 Å². The van der Waals surface area contributed by atoms with Gasteiger partial charge in [-0.1, -0.05) is 31.4 Å². The number of rotatable bonds is 6. The molecule has 0 saturated carbocycles. The highest BCUT2D eigenvalue weighted by Crippen LogP contribution is 2.13. The molecule has 0 bridgehead atoms. The number of carbonyl (C=O) groups is 1. The molecule has 0 aromatic carbocycles. The molecule has 3 nitrogen and oxygen atoms in total. The maximum absolute atomic E-state index is 10.5. The van der Waals surface area contributed by atoms with Crippen LogP contribution in [0.2, 0.25) is 0 Å². The van der Waals surface area contributed by atoms with Gasteiger partial charge in [0, 0.05) is 24.0 Å². The van der Waals surface area contributed by atoms with E-state index in [1.807, 2.05) is 35.8 Å². The second-order valence-electron chi connectivity index (χ2n) is 3.91. The van der Waals surface area contributed by atoms with Crippen molar-refractivity contribution in [2.75, 3.05) is 0 Å². The third-order valence-corrected chi connectivity index (χ3v) is 2.46. The predicted molar refractivity (Wildman–Crippen MR) is 74.3 cm³/mol. The summed E-state index contributed by atoms with van der Waals surface area (Å²) in [4.78, 5) is 10.5. The van der Waals surface area contributed by atoms with Crippen LogP contribution < -0.4 is 0 Å². The molecule has 94 valence electrons. The van der Waals surface area contributed by atoms with Crippen LogP contribution in [0.15, 0.2) is 55.2 Å². The van der Waals surface area contributed by atoms with E-state index in [1.54, 1.807) is 12.2 Å². The number of hydrogen-bond donors (Lipinski definition) is 1. The highest BCUT2D eigenvalue weighted by Gasteiger charge is 2.03. The Morgan fingerprint density at radius 1 is 1.44 bits per heavy atom. The molecule has 0 unspecified atom stereocenters. The van der Waals surface area contributed by atoms with Gasteiger partial charge in [0.15, 0.2) is 0 Å². The van der Waals surface area contributed by atoms with E-state index < -0.39 is 5.97 Å². The van der Waals surface area contributed by atoms with E-state index in [0.29, 0.717) is 6.54 Å². The summed E-state index contributed by atoms with van der Waals surface area (Å²) in [6, 6.07) is 3.84. The lowest BCUT2D eigenvalue weighted by Gasteiger charge is -2.09. The van der Waals surface area contributed by atoms with Gasteiger partial charge in [-0.15, -0.1) is 0 Å². The van der Waals surface area contributed by atoms with Crippen LogP contribution in [-0.4, -0.2) is 15.6 Å². The number of carboxylic acids is 1. The minimum absolute atomic E-state index is 0.627. The van der Waals surface area contributed by atoms with Crippen LogP contribution in [0.5, 0.6) is 0 Å². The van der Waals surface area contributed by atoms with Gasteiger partial charge in [0.1, 0.15) is 0 Å². The van der Waals surface area contributed by atoms with Crippen LogP contribution in [0.25, 0.3) is 6.08 Å². The Morgan fingerprint density at radius 3 is 2.78 bits per heavy atom. The van der Waals surface area contributed by atoms with Gasteiger partial charge in [-0.3, -0.25) is 0 Å². The van der Waals surface area contributed by atoms with Crippen molar-refractivity contribution in [3.63, 3.8) is 0 Å². The van der Waals surface area contributed by atoms with Crippen LogP contribution in [0.4, 0.5) is 0 Å². The quantitative estimate of drug-likeness (QED) is 0.616. The molecule has 1 rings (SSSR count). The zero-order valence-electron chi connectivity index (χ0n) is 10.5. The molecule has 0 fully saturated rings. The second kappa shape index (κ2) is 6.45. The number of aliphatic carboxylic acids is 1. The summed E-state index contributed by atoms with van der Waals surface area (Å²) in [6.45, 7) is 10.2. The summed E-state index contributed by atoms with van der Waals surface area (Å²) in [7, 11) is 0. The first-order valence-corrected chi connectivity index (χ1v) is 5.58. The van der Waals surface area contributed by atoms with Crippen molar-refractivity contribution in [3.8, 4) is 0 Å². The van der Waals surface area contributed by atoms with Crippen molar-refractivity contribution in [1.29, 1.82) is 0 Å². The zero-order chi connectivity index (χ0) is 13.5. The minimum atomic E-state index is -0.953. The van der Waals surface area contributed by atoms with Crippen molar-refractivity contribution >= 4 is 12.0 Å². The second-order valence-corrected chi connectivity index (χ2v) is 3.91. The molecule has 18 heavy (non-hydrogen) atoms. The fourth-order valence-electron chi connectivity index (χ4n) is 1.57. The molecule has 0 aliphatic rings. The predicted octanol–water partition coefficient (Wildman–Crippen LogP) is 3.19. The first kappa shape index (κ1) is 13.8. The first-order chi connectivity index (χ1) is 8.54. The largest absolute Gasteiger partial charge is 0.478 e. The van der Waals surface area contributed by atoms with Gasteiger partial charge in [-0.2, -0.15) is 0 Å². The van der Waals surface area contributed by atoms with Gasteiger partial charge in [0.05, 0.1) is 0 Å². The number of carboxylic acid groups (broad SMARTS) is 1. The topological polar surface area (TPSA) is 42.2 Å². The number of aromatic nitrogens is 1. The zero-order valence-corrected chi connectivity index (χ0v) is 10.5. The van der Waals surface area contributed by atoms with E-state index in [-0.39, 0.29) is 0 Å². The molecule has 1 heterocycles. The van der Waals surface area contributed by atoms with Crippen molar-refractivity contribution in [3.05, 3.63) is 66.6 Å². The Morgan fingerprint density at radius 2 is 2.17 bits per heavy atom. The van der Waals surface area contributed by atoms with E-state index in [4.69, 9.17) is 5.11 Å².